The summed E-state index contributed by atoms with van der Waals surface area (Å²) < 4.78 is 44.0. The van der Waals surface area contributed by atoms with E-state index in [0.29, 0.717) is 18.3 Å². The largest absolute Gasteiger partial charge is 0.755 e. The van der Waals surface area contributed by atoms with E-state index < -0.39 is 23.0 Å². The molecule has 1 amide bonds. The number of benzene rings is 3. The number of likely N-dealkylation sites (tertiary alicyclic amines) is 1. The molecule has 5 rings (SSSR count). The predicted molar refractivity (Wildman–Crippen MR) is 130 cm³/mol. The van der Waals surface area contributed by atoms with Gasteiger partial charge in [0.05, 0.1) is 18.2 Å². The second-order valence-corrected chi connectivity index (χ2v) is 9.84. The average Bonchev–Trinajstić information content (AvgIpc) is 3.66. The second-order valence-electron chi connectivity index (χ2n) is 9.16. The van der Waals surface area contributed by atoms with Crippen molar-refractivity contribution in [2.45, 2.75) is 24.8 Å². The first-order valence-corrected chi connectivity index (χ1v) is 12.8. The van der Waals surface area contributed by atoms with Gasteiger partial charge in [-0.25, -0.2) is 4.39 Å². The van der Waals surface area contributed by atoms with Crippen LogP contribution in [0.5, 0.6) is 5.75 Å². The summed E-state index contributed by atoms with van der Waals surface area (Å²) >= 11 is -2.80. The third kappa shape index (κ3) is 5.45. The minimum atomic E-state index is -2.80. The molecule has 1 unspecified atom stereocenters. The first kappa shape index (κ1) is 23.7. The number of carbonyl (C=O) groups is 1. The Balaban J connectivity index is 1.26. The molecule has 35 heavy (non-hydrogen) atoms. The van der Waals surface area contributed by atoms with Gasteiger partial charge in [-0.15, -0.1) is 0 Å². The van der Waals surface area contributed by atoms with Gasteiger partial charge in [-0.3, -0.25) is 18.6 Å². The van der Waals surface area contributed by atoms with Crippen LogP contribution in [-0.4, -0.2) is 39.3 Å². The number of hydrogen-bond donors (Lipinski definition) is 1. The quantitative estimate of drug-likeness (QED) is 0.449. The summed E-state index contributed by atoms with van der Waals surface area (Å²) in [6.07, 6.45) is 1.87. The van der Waals surface area contributed by atoms with E-state index in [9.17, 15) is 17.9 Å². The number of amides is 1. The highest BCUT2D eigenvalue weighted by Crippen LogP contribution is 2.45. The fraction of sp³-hybridized carbons (Fsp3) is 0.296. The van der Waals surface area contributed by atoms with Crippen molar-refractivity contribution >= 4 is 17.2 Å². The molecular formula is C27H26FN2O4S-. The zero-order chi connectivity index (χ0) is 24.4. The molecule has 0 radical (unpaired) electrons. The highest BCUT2D eigenvalue weighted by atomic mass is 32.2. The van der Waals surface area contributed by atoms with Crippen LogP contribution in [0.1, 0.15) is 51.8 Å². The number of rotatable bonds is 9. The maximum absolute atomic E-state index is 14.6. The molecule has 0 bridgehead atoms. The number of carbonyl (C=O) groups excluding carboxylic acids is 1. The van der Waals surface area contributed by atoms with Crippen LogP contribution in [-0.2, 0) is 11.3 Å². The summed E-state index contributed by atoms with van der Waals surface area (Å²) in [6, 6.07) is 23.6. The lowest BCUT2D eigenvalue weighted by molar-refractivity contribution is 0.0375. The topological polar surface area (TPSA) is 81.7 Å². The van der Waals surface area contributed by atoms with E-state index in [1.807, 2.05) is 12.1 Å². The van der Waals surface area contributed by atoms with Crippen molar-refractivity contribution in [2.24, 2.45) is 5.92 Å². The number of nitrogens with one attached hydrogen (secondary N) is 1. The molecule has 1 aliphatic heterocycles. The standard InChI is InChI=1S/C27H27FN2O4S/c28-24-14-25(22(19-11-12-19)13-23(24)27(31)29-35(32)33)34-17-18-15-30(16-18)26(20-7-3-1-4-8-20)21-9-5-2-6-10-21/h1-10,13-14,18-19,26H,11-12,15-17H2,(H,29,31)(H,32,33)/p-1. The van der Waals surface area contributed by atoms with Crippen LogP contribution in [0.4, 0.5) is 4.39 Å². The lowest BCUT2D eigenvalue weighted by Gasteiger charge is -2.44. The van der Waals surface area contributed by atoms with Gasteiger partial charge in [0.1, 0.15) is 11.6 Å². The van der Waals surface area contributed by atoms with E-state index in [4.69, 9.17) is 4.74 Å². The molecule has 2 aliphatic rings. The van der Waals surface area contributed by atoms with Crippen LogP contribution in [0, 0.1) is 11.7 Å². The molecule has 3 aromatic carbocycles. The van der Waals surface area contributed by atoms with Gasteiger partial charge in [-0.05, 0) is 41.5 Å². The van der Waals surface area contributed by atoms with E-state index in [1.165, 1.54) is 23.3 Å². The lowest BCUT2D eigenvalue weighted by Crippen LogP contribution is -2.51. The molecule has 3 aromatic rings. The predicted octanol–water partition coefficient (Wildman–Crippen LogP) is 4.33. The van der Waals surface area contributed by atoms with E-state index in [-0.39, 0.29) is 17.5 Å². The van der Waals surface area contributed by atoms with Crippen LogP contribution in [0.3, 0.4) is 0 Å². The Kier molecular flexibility index (Phi) is 6.95. The first-order valence-electron chi connectivity index (χ1n) is 11.7. The van der Waals surface area contributed by atoms with Gasteiger partial charge in [-0.1, -0.05) is 60.7 Å². The molecule has 1 heterocycles. The molecule has 1 N–H and O–H groups in total. The highest BCUT2D eigenvalue weighted by Gasteiger charge is 2.35. The Bertz CT molecular complexity index is 1180. The zero-order valence-corrected chi connectivity index (χ0v) is 19.9. The van der Waals surface area contributed by atoms with Gasteiger partial charge in [0.15, 0.2) is 0 Å². The Morgan fingerprint density at radius 1 is 1.06 bits per heavy atom. The second kappa shape index (κ2) is 10.3. The van der Waals surface area contributed by atoms with Gasteiger partial charge >= 0.3 is 0 Å². The van der Waals surface area contributed by atoms with Crippen molar-refractivity contribution in [1.29, 1.82) is 0 Å². The lowest BCUT2D eigenvalue weighted by atomic mass is 9.90. The number of nitrogens with zero attached hydrogens (tertiary/aromatic N) is 1. The van der Waals surface area contributed by atoms with Crippen LogP contribution >= 0.6 is 0 Å². The first-order chi connectivity index (χ1) is 17.0. The minimum absolute atomic E-state index is 0.164. The van der Waals surface area contributed by atoms with Gasteiger partial charge in [-0.2, -0.15) is 0 Å². The summed E-state index contributed by atoms with van der Waals surface area (Å²) in [7, 11) is 0. The number of hydrogen-bond acceptors (Lipinski definition) is 5. The van der Waals surface area contributed by atoms with E-state index in [0.717, 1.165) is 31.5 Å². The number of ether oxygens (including phenoxy) is 1. The molecular weight excluding hydrogens is 467 g/mol. The normalized spacial score (nSPS) is 17.1. The minimum Gasteiger partial charge on any atom is -0.755 e. The van der Waals surface area contributed by atoms with Crippen LogP contribution in [0.15, 0.2) is 72.8 Å². The van der Waals surface area contributed by atoms with Crippen LogP contribution < -0.4 is 9.46 Å². The molecule has 2 fully saturated rings. The third-order valence-electron chi connectivity index (χ3n) is 6.59. The molecule has 1 aliphatic carbocycles. The van der Waals surface area contributed by atoms with Crippen molar-refractivity contribution in [1.82, 2.24) is 9.62 Å². The molecule has 182 valence electrons. The van der Waals surface area contributed by atoms with Crippen LogP contribution in [0.25, 0.3) is 0 Å². The Hall–Kier alpha value is -3.07. The van der Waals surface area contributed by atoms with Gasteiger partial charge in [0, 0.05) is 36.3 Å². The molecule has 8 heteroatoms. The van der Waals surface area contributed by atoms with Crippen molar-refractivity contribution in [3.05, 3.63) is 101 Å². The third-order valence-corrected chi connectivity index (χ3v) is 6.95. The van der Waals surface area contributed by atoms with Gasteiger partial charge < -0.3 is 9.29 Å². The van der Waals surface area contributed by atoms with E-state index >= 15 is 0 Å². The fourth-order valence-electron chi connectivity index (χ4n) is 4.73. The van der Waals surface area contributed by atoms with Crippen molar-refractivity contribution in [3.63, 3.8) is 0 Å². The average molecular weight is 494 g/mol. The summed E-state index contributed by atoms with van der Waals surface area (Å²) in [5, 5.41) is 0. The molecule has 1 saturated carbocycles. The molecule has 6 nitrogen and oxygen atoms in total. The Morgan fingerprint density at radius 3 is 2.20 bits per heavy atom. The summed E-state index contributed by atoms with van der Waals surface area (Å²) in [5.41, 5.74) is 2.95. The number of halogens is 1. The Morgan fingerprint density at radius 2 is 1.66 bits per heavy atom. The van der Waals surface area contributed by atoms with Gasteiger partial charge in [0.2, 0.25) is 0 Å². The fourth-order valence-corrected chi connectivity index (χ4v) is 4.99. The SMILES string of the molecule is O=C(NS(=O)[O-])c1cc(C2CC2)c(OCC2CN(C(c3ccccc3)c3ccccc3)C2)cc1F. The summed E-state index contributed by atoms with van der Waals surface area (Å²) in [4.78, 5) is 14.5. The molecule has 0 spiro atoms. The smallest absolute Gasteiger partial charge is 0.265 e. The van der Waals surface area contributed by atoms with E-state index in [1.54, 1.807) is 4.72 Å². The summed E-state index contributed by atoms with van der Waals surface area (Å²) in [5.74, 6) is -0.840. The summed E-state index contributed by atoms with van der Waals surface area (Å²) in [6.45, 7) is 2.15. The Labute approximate surface area is 206 Å². The van der Waals surface area contributed by atoms with Crippen molar-refractivity contribution in [3.8, 4) is 5.75 Å². The zero-order valence-electron chi connectivity index (χ0n) is 19.1. The maximum atomic E-state index is 14.6. The van der Waals surface area contributed by atoms with Crippen LogP contribution in [0.2, 0.25) is 0 Å². The van der Waals surface area contributed by atoms with Gasteiger partial charge in [0.25, 0.3) is 5.91 Å². The van der Waals surface area contributed by atoms with Crippen molar-refractivity contribution in [2.75, 3.05) is 19.7 Å². The molecule has 0 aromatic heterocycles. The highest BCUT2D eigenvalue weighted by molar-refractivity contribution is 7.77. The van der Waals surface area contributed by atoms with E-state index in [2.05, 4.69) is 53.4 Å². The molecule has 1 saturated heterocycles. The molecule has 1 atom stereocenters. The maximum Gasteiger partial charge on any atom is 0.265 e. The van der Waals surface area contributed by atoms with Crippen molar-refractivity contribution < 1.29 is 22.7 Å². The monoisotopic (exact) mass is 493 g/mol.